The molecule has 244 valence electrons. The van der Waals surface area contributed by atoms with Crippen molar-refractivity contribution in [2.24, 2.45) is 7.05 Å². The number of aromatic nitrogens is 2. The van der Waals surface area contributed by atoms with Crippen LogP contribution in [-0.4, -0.2) is 70.6 Å². The van der Waals surface area contributed by atoms with E-state index in [0.717, 1.165) is 4.90 Å². The third-order valence-corrected chi connectivity index (χ3v) is 8.63. The molecule has 1 aliphatic heterocycles. The molecule has 9 nitrogen and oxygen atoms in total. The molecule has 5 rings (SSSR count). The fourth-order valence-electron chi connectivity index (χ4n) is 5.39. The molecule has 3 aromatic rings. The standard InChI is InChI=1S/C29H31Cl2F5N6O3/c1-41-21-11-22(45-13-23(33)34)18(26(43)38-17-5-3-16(32)4-6-17)10-20(21)39-27(41)40-25-19(30)7-2-15(24(25)31)12-37-28(44)42-9-8-29(35,36)14-42/h2,7,10-11,16-17,23H,3-6,8-9,12-14H2,1H3,(H,37,44)(H,38,43)(H,39,40). The zero-order chi connectivity index (χ0) is 32.5. The molecule has 2 aliphatic rings. The molecule has 0 radical (unpaired) electrons. The van der Waals surface area contributed by atoms with Crippen LogP contribution in [0.4, 0.5) is 38.4 Å². The first-order chi connectivity index (χ1) is 21.3. The van der Waals surface area contributed by atoms with Crippen molar-refractivity contribution in [2.45, 2.75) is 63.2 Å². The Balaban J connectivity index is 1.38. The number of imidazole rings is 1. The number of aryl methyl sites for hydroxylation is 1. The van der Waals surface area contributed by atoms with Gasteiger partial charge in [0.25, 0.3) is 18.3 Å². The summed E-state index contributed by atoms with van der Waals surface area (Å²) in [4.78, 5) is 31.2. The number of likely N-dealkylation sites (tertiary alicyclic amines) is 1. The van der Waals surface area contributed by atoms with Crippen molar-refractivity contribution >= 4 is 57.8 Å². The SMILES string of the molecule is Cn1c(Nc2c(Cl)ccc(CNC(=O)N3CCC(F)(F)C3)c2Cl)nc2cc(C(=O)NC3CCC(F)CC3)c(OCC(F)F)cc21. The normalized spacial score (nSPS) is 19.6. The fourth-order valence-corrected chi connectivity index (χ4v) is 5.92. The highest BCUT2D eigenvalue weighted by Crippen LogP contribution is 2.37. The number of urea groups is 1. The molecule has 2 fully saturated rings. The molecule has 1 aromatic heterocycles. The predicted octanol–water partition coefficient (Wildman–Crippen LogP) is 6.83. The van der Waals surface area contributed by atoms with Crippen molar-refractivity contribution < 1.29 is 36.3 Å². The highest BCUT2D eigenvalue weighted by Gasteiger charge is 2.40. The average molecular weight is 678 g/mol. The van der Waals surface area contributed by atoms with Gasteiger partial charge in [0.05, 0.1) is 38.9 Å². The molecule has 3 amide bonds. The Bertz CT molecular complexity index is 1580. The van der Waals surface area contributed by atoms with E-state index >= 15 is 0 Å². The quantitative estimate of drug-likeness (QED) is 0.216. The number of hydrogen-bond donors (Lipinski definition) is 3. The number of amides is 3. The van der Waals surface area contributed by atoms with Gasteiger partial charge in [0.1, 0.15) is 18.5 Å². The maximum atomic E-state index is 13.6. The zero-order valence-electron chi connectivity index (χ0n) is 24.1. The Kier molecular flexibility index (Phi) is 9.83. The lowest BCUT2D eigenvalue weighted by molar-refractivity contribution is 0.0153. The number of alkyl halides is 5. The van der Waals surface area contributed by atoms with Gasteiger partial charge in [-0.05, 0) is 43.4 Å². The maximum Gasteiger partial charge on any atom is 0.317 e. The number of nitrogens with zero attached hydrogens (tertiary/aromatic N) is 3. The molecule has 0 unspecified atom stereocenters. The van der Waals surface area contributed by atoms with Crippen molar-refractivity contribution in [3.8, 4) is 5.75 Å². The van der Waals surface area contributed by atoms with Crippen molar-refractivity contribution in [1.29, 1.82) is 0 Å². The second kappa shape index (κ2) is 13.5. The van der Waals surface area contributed by atoms with Crippen LogP contribution in [0.15, 0.2) is 24.3 Å². The summed E-state index contributed by atoms with van der Waals surface area (Å²) in [6.45, 7) is -1.73. The molecule has 2 heterocycles. The third kappa shape index (κ3) is 7.66. The molecule has 1 saturated carbocycles. The number of fused-ring (bicyclic) bond motifs is 1. The van der Waals surface area contributed by atoms with E-state index in [1.807, 2.05) is 0 Å². The Morgan fingerprint density at radius 2 is 1.89 bits per heavy atom. The van der Waals surface area contributed by atoms with Gasteiger partial charge in [0.2, 0.25) is 5.95 Å². The second-order valence-corrected chi connectivity index (χ2v) is 11.9. The molecular formula is C29H31Cl2F5N6O3. The van der Waals surface area contributed by atoms with Crippen LogP contribution in [0.2, 0.25) is 10.0 Å². The molecule has 2 aromatic carbocycles. The van der Waals surface area contributed by atoms with Gasteiger partial charge in [-0.3, -0.25) is 4.79 Å². The monoisotopic (exact) mass is 676 g/mol. The first-order valence-electron chi connectivity index (χ1n) is 14.3. The van der Waals surface area contributed by atoms with E-state index in [1.165, 1.54) is 12.1 Å². The summed E-state index contributed by atoms with van der Waals surface area (Å²) in [5.74, 6) is -3.32. The lowest BCUT2D eigenvalue weighted by atomic mass is 9.94. The molecule has 1 saturated heterocycles. The Morgan fingerprint density at radius 3 is 2.56 bits per heavy atom. The van der Waals surface area contributed by atoms with Gasteiger partial charge >= 0.3 is 6.03 Å². The van der Waals surface area contributed by atoms with Gasteiger partial charge in [-0.15, -0.1) is 0 Å². The van der Waals surface area contributed by atoms with E-state index < -0.39 is 50.0 Å². The highest BCUT2D eigenvalue weighted by molar-refractivity contribution is 6.39. The second-order valence-electron chi connectivity index (χ2n) is 11.2. The molecule has 16 heteroatoms. The lowest BCUT2D eigenvalue weighted by Crippen LogP contribution is -2.39. The van der Waals surface area contributed by atoms with Crippen LogP contribution in [0, 0.1) is 0 Å². The summed E-state index contributed by atoms with van der Waals surface area (Å²) < 4.78 is 73.6. The van der Waals surface area contributed by atoms with Gasteiger partial charge in [0.15, 0.2) is 0 Å². The lowest BCUT2D eigenvalue weighted by Gasteiger charge is -2.25. The topological polar surface area (TPSA) is 101 Å². The van der Waals surface area contributed by atoms with Crippen molar-refractivity contribution in [2.75, 3.05) is 25.0 Å². The van der Waals surface area contributed by atoms with Gasteiger partial charge in [0, 0.05) is 38.7 Å². The van der Waals surface area contributed by atoms with E-state index in [0.29, 0.717) is 42.3 Å². The summed E-state index contributed by atoms with van der Waals surface area (Å²) in [6, 6.07) is 5.07. The summed E-state index contributed by atoms with van der Waals surface area (Å²) in [7, 11) is 1.64. The molecule has 0 atom stereocenters. The largest absolute Gasteiger partial charge is 0.487 e. The van der Waals surface area contributed by atoms with E-state index in [9.17, 15) is 31.5 Å². The number of ether oxygens (including phenoxy) is 1. The number of carbonyl (C=O) groups excluding carboxylic acids is 2. The first-order valence-corrected chi connectivity index (χ1v) is 15.1. The minimum atomic E-state index is -2.92. The highest BCUT2D eigenvalue weighted by atomic mass is 35.5. The van der Waals surface area contributed by atoms with Gasteiger partial charge in [-0.2, -0.15) is 0 Å². The minimum absolute atomic E-state index is 0.000240. The number of carbonyl (C=O) groups is 2. The summed E-state index contributed by atoms with van der Waals surface area (Å²) >= 11 is 13.1. The molecular weight excluding hydrogens is 646 g/mol. The zero-order valence-corrected chi connectivity index (χ0v) is 25.6. The van der Waals surface area contributed by atoms with Crippen LogP contribution < -0.4 is 20.7 Å². The smallest absolute Gasteiger partial charge is 0.317 e. The van der Waals surface area contributed by atoms with Crippen LogP contribution in [0.25, 0.3) is 11.0 Å². The van der Waals surface area contributed by atoms with Crippen LogP contribution in [0.3, 0.4) is 0 Å². The summed E-state index contributed by atoms with van der Waals surface area (Å²) in [5.41, 5.74) is 1.46. The number of rotatable bonds is 9. The van der Waals surface area contributed by atoms with E-state index in [2.05, 4.69) is 20.9 Å². The van der Waals surface area contributed by atoms with Crippen molar-refractivity contribution in [3.63, 3.8) is 0 Å². The number of halogens is 7. The number of hydrogen-bond acceptors (Lipinski definition) is 5. The molecule has 1 aliphatic carbocycles. The van der Waals surface area contributed by atoms with E-state index in [4.69, 9.17) is 27.9 Å². The van der Waals surface area contributed by atoms with Crippen LogP contribution in [-0.2, 0) is 13.6 Å². The maximum absolute atomic E-state index is 13.6. The molecule has 45 heavy (non-hydrogen) atoms. The Hall–Kier alpha value is -3.52. The Labute approximate surface area is 265 Å². The van der Waals surface area contributed by atoms with E-state index in [-0.39, 0.29) is 52.1 Å². The molecule has 0 spiro atoms. The third-order valence-electron chi connectivity index (χ3n) is 7.88. The van der Waals surface area contributed by atoms with Crippen LogP contribution in [0.5, 0.6) is 5.75 Å². The minimum Gasteiger partial charge on any atom is -0.487 e. The van der Waals surface area contributed by atoms with Crippen molar-refractivity contribution in [1.82, 2.24) is 25.1 Å². The molecule has 3 N–H and O–H groups in total. The first kappa shape index (κ1) is 32.9. The summed E-state index contributed by atoms with van der Waals surface area (Å²) in [5, 5.41) is 8.84. The summed E-state index contributed by atoms with van der Waals surface area (Å²) in [6.07, 6.45) is -2.53. The van der Waals surface area contributed by atoms with Crippen LogP contribution >= 0.6 is 23.2 Å². The predicted molar refractivity (Wildman–Crippen MR) is 160 cm³/mol. The van der Waals surface area contributed by atoms with Gasteiger partial charge in [-0.25, -0.2) is 31.7 Å². The Morgan fingerprint density at radius 1 is 1.16 bits per heavy atom. The van der Waals surface area contributed by atoms with E-state index in [1.54, 1.807) is 23.7 Å². The number of nitrogens with one attached hydrogen (secondary N) is 3. The average Bonchev–Trinajstić information content (AvgIpc) is 3.51. The number of benzene rings is 2. The number of anilines is 2. The van der Waals surface area contributed by atoms with Gasteiger partial charge < -0.3 is 30.2 Å². The molecule has 0 bridgehead atoms. The van der Waals surface area contributed by atoms with Crippen molar-refractivity contribution in [3.05, 3.63) is 45.4 Å². The van der Waals surface area contributed by atoms with Gasteiger partial charge in [-0.1, -0.05) is 29.3 Å². The fraction of sp³-hybridized carbons (Fsp3) is 0.483. The van der Waals surface area contributed by atoms with Crippen LogP contribution in [0.1, 0.15) is 48.0 Å².